The number of halogens is 1. The molecule has 4 aromatic rings. The standard InChI is InChI=1S/C21H22FN5S2/c1-4-5-9-28-21-18(23)17-13(16-11-25-12(2)27(16)3)10-15(26-20(17)29-21)19-14(22)7-6-8-24-19/h6-8,10-11H,4-5,9,23H2,1-3H3. The Labute approximate surface area is 177 Å². The maximum Gasteiger partial charge on any atom is 0.151 e. The van der Waals surface area contributed by atoms with Gasteiger partial charge in [-0.3, -0.25) is 4.98 Å². The van der Waals surface area contributed by atoms with Crippen molar-refractivity contribution in [1.29, 1.82) is 0 Å². The number of thiophene rings is 1. The van der Waals surface area contributed by atoms with Crippen LogP contribution in [0.15, 0.2) is 34.8 Å². The summed E-state index contributed by atoms with van der Waals surface area (Å²) >= 11 is 3.31. The largest absolute Gasteiger partial charge is 0.397 e. The average Bonchev–Trinajstić information content (AvgIpc) is 3.21. The molecule has 0 bridgehead atoms. The van der Waals surface area contributed by atoms with Gasteiger partial charge in [-0.05, 0) is 37.3 Å². The summed E-state index contributed by atoms with van der Waals surface area (Å²) in [6, 6.07) is 4.85. The van der Waals surface area contributed by atoms with E-state index >= 15 is 0 Å². The van der Waals surface area contributed by atoms with Crippen molar-refractivity contribution in [3.05, 3.63) is 42.2 Å². The topological polar surface area (TPSA) is 69.6 Å². The summed E-state index contributed by atoms with van der Waals surface area (Å²) in [4.78, 5) is 14.2. The van der Waals surface area contributed by atoms with Crippen molar-refractivity contribution in [2.24, 2.45) is 7.05 Å². The lowest BCUT2D eigenvalue weighted by atomic mass is 10.1. The van der Waals surface area contributed by atoms with Crippen LogP contribution in [0.4, 0.5) is 10.1 Å². The fourth-order valence-electron chi connectivity index (χ4n) is 3.17. The molecule has 0 saturated carbocycles. The van der Waals surface area contributed by atoms with Crippen LogP contribution in [0.2, 0.25) is 0 Å². The SMILES string of the molecule is CCCCSc1sc2nc(-c3ncccc3F)cc(-c3cnc(C)n3C)c2c1N. The molecule has 4 heterocycles. The number of anilines is 1. The van der Waals surface area contributed by atoms with Gasteiger partial charge in [-0.1, -0.05) is 13.3 Å². The van der Waals surface area contributed by atoms with Crippen molar-refractivity contribution in [2.75, 3.05) is 11.5 Å². The Morgan fingerprint density at radius 2 is 2.14 bits per heavy atom. The predicted molar refractivity (Wildman–Crippen MR) is 120 cm³/mol. The zero-order valence-corrected chi connectivity index (χ0v) is 18.2. The molecular formula is C21H22FN5S2. The fraction of sp³-hybridized carbons (Fsp3) is 0.286. The Balaban J connectivity index is 1.96. The quantitative estimate of drug-likeness (QED) is 0.317. The highest BCUT2D eigenvalue weighted by Gasteiger charge is 2.21. The monoisotopic (exact) mass is 427 g/mol. The lowest BCUT2D eigenvalue weighted by Crippen LogP contribution is -1.98. The number of nitrogens with two attached hydrogens (primary N) is 1. The molecule has 0 atom stereocenters. The van der Waals surface area contributed by atoms with Gasteiger partial charge < -0.3 is 10.3 Å². The van der Waals surface area contributed by atoms with E-state index < -0.39 is 5.82 Å². The lowest BCUT2D eigenvalue weighted by Gasteiger charge is -2.10. The van der Waals surface area contributed by atoms with Gasteiger partial charge in [0.1, 0.15) is 16.3 Å². The van der Waals surface area contributed by atoms with Gasteiger partial charge in [0.25, 0.3) is 0 Å². The molecular weight excluding hydrogens is 405 g/mol. The highest BCUT2D eigenvalue weighted by molar-refractivity contribution is 8.01. The van der Waals surface area contributed by atoms with Gasteiger partial charge in [-0.25, -0.2) is 14.4 Å². The van der Waals surface area contributed by atoms with E-state index in [4.69, 9.17) is 10.7 Å². The van der Waals surface area contributed by atoms with Crippen molar-refractivity contribution >= 4 is 39.0 Å². The summed E-state index contributed by atoms with van der Waals surface area (Å²) in [5.41, 5.74) is 9.85. The van der Waals surface area contributed by atoms with E-state index in [0.717, 1.165) is 55.8 Å². The molecule has 150 valence electrons. The van der Waals surface area contributed by atoms with Crippen molar-refractivity contribution < 1.29 is 4.39 Å². The predicted octanol–water partition coefficient (Wildman–Crippen LogP) is 5.68. The summed E-state index contributed by atoms with van der Waals surface area (Å²) in [6.45, 7) is 4.12. The number of imidazole rings is 1. The number of aryl methyl sites for hydroxylation is 1. The van der Waals surface area contributed by atoms with Crippen LogP contribution in [0.3, 0.4) is 0 Å². The third-order valence-electron chi connectivity index (χ3n) is 4.89. The maximum atomic E-state index is 14.4. The minimum atomic E-state index is -0.395. The van der Waals surface area contributed by atoms with Crippen molar-refractivity contribution in [3.63, 3.8) is 0 Å². The summed E-state index contributed by atoms with van der Waals surface area (Å²) in [6.07, 6.45) is 5.67. The number of hydrogen-bond donors (Lipinski definition) is 1. The average molecular weight is 428 g/mol. The first kappa shape index (κ1) is 19.8. The molecule has 5 nitrogen and oxygen atoms in total. The van der Waals surface area contributed by atoms with Crippen LogP contribution in [0, 0.1) is 12.7 Å². The minimum absolute atomic E-state index is 0.238. The number of fused-ring (bicyclic) bond motifs is 1. The van der Waals surface area contributed by atoms with Gasteiger partial charge in [-0.15, -0.1) is 23.1 Å². The molecule has 0 aliphatic rings. The van der Waals surface area contributed by atoms with E-state index in [-0.39, 0.29) is 5.69 Å². The second-order valence-electron chi connectivity index (χ2n) is 6.82. The van der Waals surface area contributed by atoms with Crippen LogP contribution >= 0.6 is 23.1 Å². The Hall–Kier alpha value is -2.45. The molecule has 4 aromatic heterocycles. The van der Waals surface area contributed by atoms with E-state index in [1.165, 1.54) is 6.07 Å². The highest BCUT2D eigenvalue weighted by atomic mass is 32.2. The summed E-state index contributed by atoms with van der Waals surface area (Å²) < 4.78 is 17.5. The molecule has 2 N–H and O–H groups in total. The fourth-order valence-corrected chi connectivity index (χ4v) is 5.62. The lowest BCUT2D eigenvalue weighted by molar-refractivity contribution is 0.625. The number of pyridine rings is 2. The molecule has 0 amide bonds. The zero-order valence-electron chi connectivity index (χ0n) is 16.6. The van der Waals surface area contributed by atoms with Crippen LogP contribution in [0.25, 0.3) is 32.9 Å². The summed E-state index contributed by atoms with van der Waals surface area (Å²) in [5, 5.41) is 0.900. The number of rotatable bonds is 6. The number of aromatic nitrogens is 4. The van der Waals surface area contributed by atoms with E-state index in [1.807, 2.05) is 30.8 Å². The zero-order chi connectivity index (χ0) is 20.5. The van der Waals surface area contributed by atoms with Crippen molar-refractivity contribution in [1.82, 2.24) is 19.5 Å². The first-order chi connectivity index (χ1) is 14.0. The second kappa shape index (κ2) is 8.12. The van der Waals surface area contributed by atoms with Crippen LogP contribution < -0.4 is 5.73 Å². The summed E-state index contributed by atoms with van der Waals surface area (Å²) in [5.74, 6) is 1.51. The molecule has 0 radical (unpaired) electrons. The Bertz CT molecular complexity index is 1180. The number of unbranched alkanes of at least 4 members (excludes halogenated alkanes) is 1. The third kappa shape index (κ3) is 3.62. The Morgan fingerprint density at radius 1 is 1.31 bits per heavy atom. The molecule has 0 fully saturated rings. The first-order valence-electron chi connectivity index (χ1n) is 9.46. The Kier molecular flexibility index (Phi) is 5.56. The van der Waals surface area contributed by atoms with E-state index in [2.05, 4.69) is 16.9 Å². The summed E-state index contributed by atoms with van der Waals surface area (Å²) in [7, 11) is 1.96. The van der Waals surface area contributed by atoms with Crippen LogP contribution in [0.5, 0.6) is 0 Å². The molecule has 8 heteroatoms. The molecule has 29 heavy (non-hydrogen) atoms. The first-order valence-corrected chi connectivity index (χ1v) is 11.3. The molecule has 0 spiro atoms. The molecule has 0 saturated heterocycles. The molecule has 0 unspecified atom stereocenters. The van der Waals surface area contributed by atoms with E-state index in [9.17, 15) is 4.39 Å². The normalized spacial score (nSPS) is 11.4. The number of nitrogens with zero attached hydrogens (tertiary/aromatic N) is 4. The smallest absolute Gasteiger partial charge is 0.151 e. The van der Waals surface area contributed by atoms with Gasteiger partial charge in [0, 0.05) is 24.2 Å². The van der Waals surface area contributed by atoms with Gasteiger partial charge in [0.05, 0.1) is 27.5 Å². The van der Waals surface area contributed by atoms with Gasteiger partial charge in [0.2, 0.25) is 0 Å². The van der Waals surface area contributed by atoms with Crippen LogP contribution in [-0.4, -0.2) is 25.3 Å². The van der Waals surface area contributed by atoms with Gasteiger partial charge >= 0.3 is 0 Å². The second-order valence-corrected chi connectivity index (χ2v) is 9.19. The van der Waals surface area contributed by atoms with Gasteiger partial charge in [-0.2, -0.15) is 0 Å². The highest BCUT2D eigenvalue weighted by Crippen LogP contribution is 2.45. The van der Waals surface area contributed by atoms with Crippen LogP contribution in [0.1, 0.15) is 25.6 Å². The third-order valence-corrected chi connectivity index (χ3v) is 7.37. The van der Waals surface area contributed by atoms with E-state index in [1.54, 1.807) is 35.4 Å². The maximum absolute atomic E-state index is 14.4. The molecule has 0 aliphatic heterocycles. The van der Waals surface area contributed by atoms with Crippen LogP contribution in [-0.2, 0) is 7.05 Å². The number of nitrogen functional groups attached to an aromatic ring is 1. The number of hydrogen-bond acceptors (Lipinski definition) is 6. The molecule has 0 aliphatic carbocycles. The van der Waals surface area contributed by atoms with Gasteiger partial charge in [0.15, 0.2) is 5.82 Å². The minimum Gasteiger partial charge on any atom is -0.397 e. The number of thioether (sulfide) groups is 1. The van der Waals surface area contributed by atoms with Crippen molar-refractivity contribution in [3.8, 4) is 22.6 Å². The molecule has 4 rings (SSSR count). The van der Waals surface area contributed by atoms with E-state index in [0.29, 0.717) is 5.69 Å². The molecule has 0 aromatic carbocycles. The van der Waals surface area contributed by atoms with Crippen molar-refractivity contribution in [2.45, 2.75) is 30.9 Å². The Morgan fingerprint density at radius 3 is 2.83 bits per heavy atom.